The van der Waals surface area contributed by atoms with Crippen molar-refractivity contribution in [1.29, 1.82) is 0 Å². The first-order valence-corrected chi connectivity index (χ1v) is 6.37. The molecule has 2 N–H and O–H groups in total. The Balaban J connectivity index is 2.20. The van der Waals surface area contributed by atoms with Crippen molar-refractivity contribution in [3.05, 3.63) is 33.9 Å². The van der Waals surface area contributed by atoms with Crippen LogP contribution in [0.5, 0.6) is 0 Å². The predicted molar refractivity (Wildman–Crippen MR) is 72.8 cm³/mol. The third-order valence-corrected chi connectivity index (χ3v) is 3.49. The number of anilines is 2. The Hall–Kier alpha value is -1.66. The summed E-state index contributed by atoms with van der Waals surface area (Å²) in [6, 6.07) is 3.48. The Kier molecular flexibility index (Phi) is 3.78. The van der Waals surface area contributed by atoms with Gasteiger partial charge in [-0.25, -0.2) is 9.97 Å². The van der Waals surface area contributed by atoms with E-state index in [0.717, 1.165) is 0 Å². The zero-order valence-electron chi connectivity index (χ0n) is 9.82. The summed E-state index contributed by atoms with van der Waals surface area (Å²) in [6.07, 6.45) is 1.55. The monoisotopic (exact) mass is 282 g/mol. The molecule has 0 atom stereocenters. The summed E-state index contributed by atoms with van der Waals surface area (Å²) < 4.78 is 0. The van der Waals surface area contributed by atoms with Crippen molar-refractivity contribution in [3.8, 4) is 0 Å². The van der Waals surface area contributed by atoms with E-state index in [2.05, 4.69) is 20.6 Å². The van der Waals surface area contributed by atoms with Gasteiger partial charge in [0.15, 0.2) is 5.13 Å². The number of aryl methyl sites for hydroxylation is 1. The molecule has 2 rings (SSSR count). The van der Waals surface area contributed by atoms with Crippen molar-refractivity contribution in [2.24, 2.45) is 0 Å². The van der Waals surface area contributed by atoms with Crippen LogP contribution < -0.4 is 10.6 Å². The summed E-state index contributed by atoms with van der Waals surface area (Å²) in [5.74, 6) is 0.499. The molecule has 0 saturated heterocycles. The average molecular weight is 283 g/mol. The lowest BCUT2D eigenvalue weighted by Crippen LogP contribution is -2.17. The highest BCUT2D eigenvalue weighted by Crippen LogP contribution is 2.25. The number of nitrogens with zero attached hydrogens (tertiary/aromatic N) is 2. The largest absolute Gasteiger partial charge is 0.354 e. The minimum Gasteiger partial charge on any atom is -0.354 e. The van der Waals surface area contributed by atoms with E-state index in [4.69, 9.17) is 11.6 Å². The van der Waals surface area contributed by atoms with Gasteiger partial charge in [0, 0.05) is 13.2 Å². The first kappa shape index (κ1) is 12.8. The van der Waals surface area contributed by atoms with Crippen LogP contribution in [0.4, 0.5) is 10.9 Å². The number of pyridine rings is 1. The molecule has 0 aliphatic rings. The Bertz CT molecular complexity index is 567. The lowest BCUT2D eigenvalue weighted by atomic mass is 10.4. The molecule has 0 aromatic carbocycles. The minimum atomic E-state index is -0.137. The van der Waals surface area contributed by atoms with E-state index < -0.39 is 0 Å². The molecule has 2 aromatic rings. The second-order valence-electron chi connectivity index (χ2n) is 3.50. The molecule has 1 amide bonds. The number of hydrogen-bond acceptors (Lipinski definition) is 5. The highest BCUT2D eigenvalue weighted by molar-refractivity contribution is 7.17. The first-order valence-electron chi connectivity index (χ1n) is 5.18. The number of rotatable bonds is 3. The van der Waals surface area contributed by atoms with Crippen LogP contribution in [0.15, 0.2) is 18.3 Å². The van der Waals surface area contributed by atoms with E-state index in [9.17, 15) is 4.79 Å². The van der Waals surface area contributed by atoms with Crippen molar-refractivity contribution in [1.82, 2.24) is 15.3 Å². The summed E-state index contributed by atoms with van der Waals surface area (Å²) >= 11 is 7.03. The van der Waals surface area contributed by atoms with Crippen molar-refractivity contribution in [3.63, 3.8) is 0 Å². The predicted octanol–water partition coefficient (Wildman–Crippen LogP) is 2.60. The topological polar surface area (TPSA) is 66.9 Å². The van der Waals surface area contributed by atoms with Gasteiger partial charge in [-0.3, -0.25) is 4.79 Å². The molecule has 5 nitrogen and oxygen atoms in total. The molecule has 0 aliphatic heterocycles. The SMILES string of the molecule is CNC(=O)c1sc(Nc2ccc(Cl)cn2)nc1C. The molecule has 0 radical (unpaired) electrons. The van der Waals surface area contributed by atoms with Gasteiger partial charge in [0.1, 0.15) is 10.7 Å². The van der Waals surface area contributed by atoms with Crippen molar-refractivity contribution in [2.75, 3.05) is 12.4 Å². The van der Waals surface area contributed by atoms with E-state index in [0.29, 0.717) is 26.5 Å². The van der Waals surface area contributed by atoms with Crippen LogP contribution >= 0.6 is 22.9 Å². The summed E-state index contributed by atoms with van der Waals surface area (Å²) in [4.78, 5) is 20.5. The number of halogens is 1. The molecule has 2 heterocycles. The zero-order valence-corrected chi connectivity index (χ0v) is 11.4. The van der Waals surface area contributed by atoms with Gasteiger partial charge in [0.25, 0.3) is 5.91 Å². The van der Waals surface area contributed by atoms with Crippen LogP contribution in [-0.4, -0.2) is 22.9 Å². The van der Waals surface area contributed by atoms with Gasteiger partial charge in [-0.1, -0.05) is 22.9 Å². The normalized spacial score (nSPS) is 10.2. The van der Waals surface area contributed by atoms with E-state index in [1.165, 1.54) is 11.3 Å². The molecule has 2 aromatic heterocycles. The number of hydrogen-bond donors (Lipinski definition) is 2. The first-order chi connectivity index (χ1) is 8.60. The molecule has 0 saturated carbocycles. The maximum absolute atomic E-state index is 11.5. The standard InChI is InChI=1S/C11H11ClN4OS/c1-6-9(10(17)13-2)18-11(15-6)16-8-4-3-7(12)5-14-8/h3-5H,1-2H3,(H,13,17)(H,14,15,16). The summed E-state index contributed by atoms with van der Waals surface area (Å²) in [5.41, 5.74) is 0.691. The van der Waals surface area contributed by atoms with Crippen LogP contribution in [0.3, 0.4) is 0 Å². The van der Waals surface area contributed by atoms with Crippen molar-refractivity contribution < 1.29 is 4.79 Å². The number of nitrogens with one attached hydrogen (secondary N) is 2. The van der Waals surface area contributed by atoms with E-state index >= 15 is 0 Å². The zero-order chi connectivity index (χ0) is 13.1. The number of carbonyl (C=O) groups is 1. The van der Waals surface area contributed by atoms with E-state index in [-0.39, 0.29) is 5.91 Å². The molecular weight excluding hydrogens is 272 g/mol. The lowest BCUT2D eigenvalue weighted by molar-refractivity contribution is 0.0966. The van der Waals surface area contributed by atoms with E-state index in [1.807, 2.05) is 0 Å². The summed E-state index contributed by atoms with van der Waals surface area (Å²) in [5, 5.41) is 6.80. The molecule has 0 spiro atoms. The Morgan fingerprint density at radius 1 is 1.44 bits per heavy atom. The highest BCUT2D eigenvalue weighted by atomic mass is 35.5. The fraction of sp³-hybridized carbons (Fsp3) is 0.182. The molecule has 18 heavy (non-hydrogen) atoms. The fourth-order valence-electron chi connectivity index (χ4n) is 1.33. The molecule has 0 fully saturated rings. The minimum absolute atomic E-state index is 0.137. The van der Waals surface area contributed by atoms with Gasteiger partial charge in [0.05, 0.1) is 10.7 Å². The summed E-state index contributed by atoms with van der Waals surface area (Å²) in [6.45, 7) is 1.79. The molecule has 7 heteroatoms. The van der Waals surface area contributed by atoms with Crippen molar-refractivity contribution >= 4 is 39.8 Å². The number of carbonyl (C=O) groups excluding carboxylic acids is 1. The second kappa shape index (κ2) is 5.32. The fourth-order valence-corrected chi connectivity index (χ4v) is 2.36. The van der Waals surface area contributed by atoms with Gasteiger partial charge in [0.2, 0.25) is 0 Å². The maximum Gasteiger partial charge on any atom is 0.263 e. The lowest BCUT2D eigenvalue weighted by Gasteiger charge is -2.00. The maximum atomic E-state index is 11.5. The Labute approximate surface area is 113 Å². The van der Waals surface area contributed by atoms with E-state index in [1.54, 1.807) is 32.3 Å². The van der Waals surface area contributed by atoms with Crippen LogP contribution in [0.1, 0.15) is 15.4 Å². The van der Waals surface area contributed by atoms with Crippen LogP contribution in [-0.2, 0) is 0 Å². The average Bonchev–Trinajstić information content (AvgIpc) is 2.72. The molecule has 0 unspecified atom stereocenters. The quantitative estimate of drug-likeness (QED) is 0.908. The molecule has 0 bridgehead atoms. The number of amides is 1. The second-order valence-corrected chi connectivity index (χ2v) is 4.93. The van der Waals surface area contributed by atoms with Gasteiger partial charge in [-0.15, -0.1) is 0 Å². The number of aromatic nitrogens is 2. The van der Waals surface area contributed by atoms with Gasteiger partial charge in [-0.2, -0.15) is 0 Å². The van der Waals surface area contributed by atoms with Gasteiger partial charge >= 0.3 is 0 Å². The third kappa shape index (κ3) is 2.77. The van der Waals surface area contributed by atoms with Crippen LogP contribution in [0.2, 0.25) is 5.02 Å². The number of thiazole rings is 1. The highest BCUT2D eigenvalue weighted by Gasteiger charge is 2.13. The summed E-state index contributed by atoms with van der Waals surface area (Å²) in [7, 11) is 1.59. The molecule has 0 aliphatic carbocycles. The third-order valence-electron chi connectivity index (χ3n) is 2.19. The van der Waals surface area contributed by atoms with Crippen LogP contribution in [0, 0.1) is 6.92 Å². The molecule has 94 valence electrons. The Morgan fingerprint density at radius 3 is 2.83 bits per heavy atom. The van der Waals surface area contributed by atoms with Crippen LogP contribution in [0.25, 0.3) is 0 Å². The van der Waals surface area contributed by atoms with Gasteiger partial charge < -0.3 is 10.6 Å². The Morgan fingerprint density at radius 2 is 2.22 bits per heavy atom. The molecular formula is C11H11ClN4OS. The van der Waals surface area contributed by atoms with Gasteiger partial charge in [-0.05, 0) is 19.1 Å². The smallest absolute Gasteiger partial charge is 0.263 e. The van der Waals surface area contributed by atoms with Crippen molar-refractivity contribution in [2.45, 2.75) is 6.92 Å².